The molecule has 2 nitrogen and oxygen atoms in total. The SMILES string of the molecule is Cc1cc(C(C)(C)c2c(C)cc(O)cc2C)cc(C)c1N. The number of phenolic OH excluding ortho intramolecular Hbond substituents is 1. The summed E-state index contributed by atoms with van der Waals surface area (Å²) in [5, 5.41) is 9.76. The average Bonchev–Trinajstić information content (AvgIpc) is 2.33. The first-order chi connectivity index (χ1) is 9.64. The quantitative estimate of drug-likeness (QED) is 0.795. The molecule has 0 aliphatic carbocycles. The number of aryl methyl sites for hydroxylation is 4. The van der Waals surface area contributed by atoms with Crippen molar-refractivity contribution in [1.29, 1.82) is 0 Å². The van der Waals surface area contributed by atoms with Crippen molar-refractivity contribution in [2.45, 2.75) is 47.0 Å². The van der Waals surface area contributed by atoms with E-state index >= 15 is 0 Å². The number of benzene rings is 2. The third kappa shape index (κ3) is 2.63. The van der Waals surface area contributed by atoms with Crippen molar-refractivity contribution in [3.05, 3.63) is 57.6 Å². The Bertz CT molecular complexity index is 653. The van der Waals surface area contributed by atoms with Crippen molar-refractivity contribution >= 4 is 5.69 Å². The normalized spacial score (nSPS) is 11.7. The van der Waals surface area contributed by atoms with Gasteiger partial charge in [0.15, 0.2) is 0 Å². The molecule has 0 aliphatic rings. The Morgan fingerprint density at radius 2 is 1.24 bits per heavy atom. The van der Waals surface area contributed by atoms with Gasteiger partial charge in [0.05, 0.1) is 0 Å². The highest BCUT2D eigenvalue weighted by atomic mass is 16.3. The molecule has 2 aromatic carbocycles. The average molecular weight is 283 g/mol. The number of anilines is 1. The molecule has 0 saturated heterocycles. The van der Waals surface area contributed by atoms with Crippen LogP contribution in [0.1, 0.15) is 47.2 Å². The lowest BCUT2D eigenvalue weighted by Crippen LogP contribution is -2.22. The van der Waals surface area contributed by atoms with Crippen molar-refractivity contribution < 1.29 is 5.11 Å². The van der Waals surface area contributed by atoms with Crippen molar-refractivity contribution in [3.63, 3.8) is 0 Å². The fraction of sp³-hybridized carbons (Fsp3) is 0.368. The Labute approximate surface area is 127 Å². The van der Waals surface area contributed by atoms with Gasteiger partial charge in [0, 0.05) is 11.1 Å². The van der Waals surface area contributed by atoms with E-state index in [9.17, 15) is 5.11 Å². The molecule has 0 spiro atoms. The maximum atomic E-state index is 9.76. The minimum absolute atomic E-state index is 0.134. The molecule has 21 heavy (non-hydrogen) atoms. The van der Waals surface area contributed by atoms with Gasteiger partial charge in [-0.3, -0.25) is 0 Å². The molecular weight excluding hydrogens is 258 g/mol. The van der Waals surface area contributed by atoms with Gasteiger partial charge in [0.25, 0.3) is 0 Å². The number of nitrogens with two attached hydrogens (primary N) is 1. The summed E-state index contributed by atoms with van der Waals surface area (Å²) < 4.78 is 0. The number of hydrogen-bond acceptors (Lipinski definition) is 2. The van der Waals surface area contributed by atoms with Gasteiger partial charge in [-0.15, -0.1) is 0 Å². The largest absolute Gasteiger partial charge is 0.508 e. The van der Waals surface area contributed by atoms with Gasteiger partial charge in [-0.05, 0) is 73.2 Å². The topological polar surface area (TPSA) is 46.2 Å². The third-order valence-electron chi connectivity index (χ3n) is 4.46. The Morgan fingerprint density at radius 1 is 0.810 bits per heavy atom. The number of hydrogen-bond donors (Lipinski definition) is 2. The molecule has 0 aromatic heterocycles. The predicted octanol–water partition coefficient (Wildman–Crippen LogP) is 4.53. The minimum atomic E-state index is -0.134. The molecule has 2 heteroatoms. The summed E-state index contributed by atoms with van der Waals surface area (Å²) in [5.41, 5.74) is 13.8. The number of rotatable bonds is 2. The van der Waals surface area contributed by atoms with Gasteiger partial charge in [0.2, 0.25) is 0 Å². The zero-order valence-corrected chi connectivity index (χ0v) is 13.8. The van der Waals surface area contributed by atoms with Crippen LogP contribution in [0.2, 0.25) is 0 Å². The molecule has 0 unspecified atom stereocenters. The second-order valence-electron chi connectivity index (χ2n) is 6.60. The standard InChI is InChI=1S/C19H25NO/c1-11-9-16(21)10-12(2)17(11)19(5,6)15-7-13(3)18(20)14(4)8-15/h7-10,21H,20H2,1-6H3. The third-order valence-corrected chi connectivity index (χ3v) is 4.46. The first-order valence-corrected chi connectivity index (χ1v) is 7.32. The molecule has 2 rings (SSSR count). The molecule has 3 N–H and O–H groups in total. The van der Waals surface area contributed by atoms with E-state index in [1.165, 1.54) is 11.1 Å². The highest BCUT2D eigenvalue weighted by Crippen LogP contribution is 2.38. The van der Waals surface area contributed by atoms with Gasteiger partial charge < -0.3 is 10.8 Å². The number of aromatic hydroxyl groups is 1. The summed E-state index contributed by atoms with van der Waals surface area (Å²) in [6.07, 6.45) is 0. The Hall–Kier alpha value is -1.96. The van der Waals surface area contributed by atoms with Gasteiger partial charge in [0.1, 0.15) is 5.75 Å². The maximum Gasteiger partial charge on any atom is 0.116 e. The molecule has 0 aliphatic heterocycles. The van der Waals surface area contributed by atoms with Crippen LogP contribution in [0.4, 0.5) is 5.69 Å². The molecule has 0 radical (unpaired) electrons. The minimum Gasteiger partial charge on any atom is -0.508 e. The van der Waals surface area contributed by atoms with Crippen molar-refractivity contribution in [2.75, 3.05) is 5.73 Å². The van der Waals surface area contributed by atoms with Gasteiger partial charge in [-0.1, -0.05) is 26.0 Å². The smallest absolute Gasteiger partial charge is 0.116 e. The highest BCUT2D eigenvalue weighted by Gasteiger charge is 2.27. The number of nitrogen functional groups attached to an aromatic ring is 1. The van der Waals surface area contributed by atoms with Crippen LogP contribution in [-0.2, 0) is 5.41 Å². The summed E-state index contributed by atoms with van der Waals surface area (Å²) in [5.74, 6) is 0.328. The van der Waals surface area contributed by atoms with Crippen LogP contribution in [0.15, 0.2) is 24.3 Å². The lowest BCUT2D eigenvalue weighted by molar-refractivity contribution is 0.473. The summed E-state index contributed by atoms with van der Waals surface area (Å²) in [6.45, 7) is 12.7. The van der Waals surface area contributed by atoms with E-state index in [-0.39, 0.29) is 5.41 Å². The predicted molar refractivity (Wildman–Crippen MR) is 90.0 cm³/mol. The monoisotopic (exact) mass is 283 g/mol. The Morgan fingerprint density at radius 3 is 1.67 bits per heavy atom. The van der Waals surface area contributed by atoms with E-state index in [0.717, 1.165) is 27.9 Å². The van der Waals surface area contributed by atoms with E-state index in [2.05, 4.69) is 53.7 Å². The van der Waals surface area contributed by atoms with Gasteiger partial charge in [-0.2, -0.15) is 0 Å². The molecule has 0 fully saturated rings. The van der Waals surface area contributed by atoms with E-state index in [1.54, 1.807) is 0 Å². The Kier molecular flexibility index (Phi) is 3.75. The van der Waals surface area contributed by atoms with Crippen LogP contribution < -0.4 is 5.73 Å². The first kappa shape index (κ1) is 15.4. The van der Waals surface area contributed by atoms with E-state index < -0.39 is 0 Å². The molecule has 0 bridgehead atoms. The van der Waals surface area contributed by atoms with Crippen LogP contribution >= 0.6 is 0 Å². The van der Waals surface area contributed by atoms with Crippen LogP contribution in [-0.4, -0.2) is 5.11 Å². The van der Waals surface area contributed by atoms with Crippen LogP contribution in [0.3, 0.4) is 0 Å². The summed E-state index contributed by atoms with van der Waals surface area (Å²) in [4.78, 5) is 0. The van der Waals surface area contributed by atoms with E-state index in [1.807, 2.05) is 12.1 Å². The van der Waals surface area contributed by atoms with Gasteiger partial charge in [-0.25, -0.2) is 0 Å². The fourth-order valence-electron chi connectivity index (χ4n) is 3.41. The molecule has 0 heterocycles. The van der Waals surface area contributed by atoms with E-state index in [0.29, 0.717) is 5.75 Å². The molecule has 0 atom stereocenters. The molecule has 2 aromatic rings. The van der Waals surface area contributed by atoms with Crippen LogP contribution in [0.5, 0.6) is 5.75 Å². The van der Waals surface area contributed by atoms with Crippen molar-refractivity contribution in [2.24, 2.45) is 0 Å². The lowest BCUT2D eigenvalue weighted by Gasteiger charge is -2.31. The van der Waals surface area contributed by atoms with Gasteiger partial charge >= 0.3 is 0 Å². The zero-order chi connectivity index (χ0) is 15.9. The summed E-state index contributed by atoms with van der Waals surface area (Å²) >= 11 is 0. The highest BCUT2D eigenvalue weighted by molar-refractivity contribution is 5.58. The fourth-order valence-corrected chi connectivity index (χ4v) is 3.41. The molecule has 0 saturated carbocycles. The molecular formula is C19H25NO. The van der Waals surface area contributed by atoms with Crippen LogP contribution in [0.25, 0.3) is 0 Å². The van der Waals surface area contributed by atoms with Crippen LogP contribution in [0, 0.1) is 27.7 Å². The molecule has 112 valence electrons. The molecule has 0 amide bonds. The Balaban J connectivity index is 2.68. The van der Waals surface area contributed by atoms with Crippen molar-refractivity contribution in [3.8, 4) is 5.75 Å². The maximum absolute atomic E-state index is 9.76. The number of phenols is 1. The zero-order valence-electron chi connectivity index (χ0n) is 13.8. The van der Waals surface area contributed by atoms with Crippen molar-refractivity contribution in [1.82, 2.24) is 0 Å². The second kappa shape index (κ2) is 5.10. The second-order valence-corrected chi connectivity index (χ2v) is 6.60. The lowest BCUT2D eigenvalue weighted by atomic mass is 9.73. The summed E-state index contributed by atoms with van der Waals surface area (Å²) in [7, 11) is 0. The summed E-state index contributed by atoms with van der Waals surface area (Å²) in [6, 6.07) is 8.02. The first-order valence-electron chi connectivity index (χ1n) is 7.32. The van der Waals surface area contributed by atoms with E-state index in [4.69, 9.17) is 5.73 Å².